The fourth-order valence-corrected chi connectivity index (χ4v) is 2.37. The van der Waals surface area contributed by atoms with Gasteiger partial charge in [0.15, 0.2) is 0 Å². The monoisotopic (exact) mass is 306 g/mol. The first-order chi connectivity index (χ1) is 11.2. The number of anilines is 1. The predicted molar refractivity (Wildman–Crippen MR) is 93.2 cm³/mol. The number of fused-ring (bicyclic) bond motifs is 1. The van der Waals surface area contributed by atoms with Gasteiger partial charge in [0, 0.05) is 17.1 Å². The van der Waals surface area contributed by atoms with Crippen molar-refractivity contribution in [3.63, 3.8) is 0 Å². The average Bonchev–Trinajstić information content (AvgIpc) is 2.54. The molecule has 5 heteroatoms. The number of benzene rings is 1. The van der Waals surface area contributed by atoms with Gasteiger partial charge in [-0.25, -0.2) is 4.98 Å². The Balaban J connectivity index is 1.85. The van der Waals surface area contributed by atoms with E-state index in [0.29, 0.717) is 5.82 Å². The lowest BCUT2D eigenvalue weighted by Crippen LogP contribution is -1.97. The Morgan fingerprint density at radius 3 is 2.74 bits per heavy atom. The summed E-state index contributed by atoms with van der Waals surface area (Å²) in [5.74, 6) is 1.47. The molecule has 0 saturated heterocycles. The number of rotatable bonds is 4. The highest BCUT2D eigenvalue weighted by Gasteiger charge is 2.04. The summed E-state index contributed by atoms with van der Waals surface area (Å²) >= 11 is 0. The Morgan fingerprint density at radius 1 is 1.09 bits per heavy atom. The number of nitrogens with zero attached hydrogens (tertiary/aromatic N) is 3. The van der Waals surface area contributed by atoms with Gasteiger partial charge in [-0.1, -0.05) is 6.07 Å². The minimum absolute atomic E-state index is 0.687. The summed E-state index contributed by atoms with van der Waals surface area (Å²) < 4.78 is 5.25. The number of aromatic nitrogens is 2. The van der Waals surface area contributed by atoms with Crippen molar-refractivity contribution in [2.45, 2.75) is 13.8 Å². The van der Waals surface area contributed by atoms with Crippen LogP contribution in [0.1, 0.15) is 17.0 Å². The number of aryl methyl sites for hydroxylation is 2. The third-order valence-electron chi connectivity index (χ3n) is 3.51. The van der Waals surface area contributed by atoms with E-state index in [4.69, 9.17) is 4.74 Å². The van der Waals surface area contributed by atoms with Crippen LogP contribution in [0.3, 0.4) is 0 Å². The second kappa shape index (κ2) is 6.44. The predicted octanol–water partition coefficient (Wildman–Crippen LogP) is 3.70. The van der Waals surface area contributed by atoms with Crippen molar-refractivity contribution < 1.29 is 4.74 Å². The van der Waals surface area contributed by atoms with Crippen LogP contribution in [0.4, 0.5) is 5.82 Å². The Morgan fingerprint density at radius 2 is 1.96 bits per heavy atom. The van der Waals surface area contributed by atoms with Crippen LogP contribution in [0.2, 0.25) is 0 Å². The summed E-state index contributed by atoms with van der Waals surface area (Å²) in [7, 11) is 1.65. The van der Waals surface area contributed by atoms with E-state index >= 15 is 0 Å². The molecule has 0 aliphatic rings. The van der Waals surface area contributed by atoms with Crippen LogP contribution in [0.5, 0.6) is 5.75 Å². The van der Waals surface area contributed by atoms with E-state index in [9.17, 15) is 0 Å². The van der Waals surface area contributed by atoms with Crippen LogP contribution in [0.15, 0.2) is 47.6 Å². The zero-order chi connectivity index (χ0) is 16.2. The van der Waals surface area contributed by atoms with E-state index in [-0.39, 0.29) is 0 Å². The number of hydrogen-bond acceptors (Lipinski definition) is 5. The molecule has 3 rings (SSSR count). The van der Waals surface area contributed by atoms with Crippen LogP contribution in [-0.2, 0) is 0 Å². The van der Waals surface area contributed by atoms with Gasteiger partial charge in [-0.3, -0.25) is 10.4 Å². The molecule has 0 aliphatic heterocycles. The first-order valence-corrected chi connectivity index (χ1v) is 7.34. The number of ether oxygens (including phenoxy) is 1. The third kappa shape index (κ3) is 3.45. The fraction of sp³-hybridized carbons (Fsp3) is 0.167. The maximum absolute atomic E-state index is 5.25. The zero-order valence-electron chi connectivity index (χ0n) is 13.4. The fourth-order valence-electron chi connectivity index (χ4n) is 2.37. The highest BCUT2D eigenvalue weighted by molar-refractivity contribution is 5.85. The van der Waals surface area contributed by atoms with Gasteiger partial charge < -0.3 is 4.74 Å². The van der Waals surface area contributed by atoms with Crippen LogP contribution < -0.4 is 10.2 Å². The van der Waals surface area contributed by atoms with Crippen molar-refractivity contribution in [1.29, 1.82) is 0 Å². The van der Waals surface area contributed by atoms with Gasteiger partial charge in [0.25, 0.3) is 0 Å². The second-order valence-electron chi connectivity index (χ2n) is 5.28. The Bertz CT molecular complexity index is 874. The topological polar surface area (TPSA) is 59.4 Å². The molecule has 0 spiro atoms. The Kier molecular flexibility index (Phi) is 4.19. The lowest BCUT2D eigenvalue weighted by Gasteiger charge is -2.07. The molecule has 0 amide bonds. The molecule has 0 atom stereocenters. The van der Waals surface area contributed by atoms with Crippen molar-refractivity contribution in [2.24, 2.45) is 5.10 Å². The summed E-state index contributed by atoms with van der Waals surface area (Å²) in [5, 5.41) is 5.31. The first kappa shape index (κ1) is 15.0. The van der Waals surface area contributed by atoms with E-state index in [0.717, 1.165) is 33.6 Å². The molecule has 0 saturated carbocycles. The minimum Gasteiger partial charge on any atom is -0.497 e. The molecule has 0 unspecified atom stereocenters. The summed E-state index contributed by atoms with van der Waals surface area (Å²) in [6.07, 6.45) is 1.68. The molecule has 116 valence electrons. The smallest absolute Gasteiger partial charge is 0.147 e. The largest absolute Gasteiger partial charge is 0.497 e. The zero-order valence-corrected chi connectivity index (χ0v) is 13.4. The Hall–Kier alpha value is -2.95. The van der Waals surface area contributed by atoms with Crippen LogP contribution in [-0.4, -0.2) is 23.3 Å². The summed E-state index contributed by atoms with van der Waals surface area (Å²) in [5.41, 5.74) is 6.72. The molecule has 0 aliphatic carbocycles. The van der Waals surface area contributed by atoms with Crippen molar-refractivity contribution in [2.75, 3.05) is 12.5 Å². The van der Waals surface area contributed by atoms with Crippen LogP contribution >= 0.6 is 0 Å². The quantitative estimate of drug-likeness (QED) is 0.590. The van der Waals surface area contributed by atoms with Gasteiger partial charge in [-0.2, -0.15) is 5.10 Å². The molecular formula is C18H18N4O. The minimum atomic E-state index is 0.687. The van der Waals surface area contributed by atoms with E-state index in [1.54, 1.807) is 13.3 Å². The van der Waals surface area contributed by atoms with Gasteiger partial charge in [0.05, 0.1) is 24.5 Å². The first-order valence-electron chi connectivity index (χ1n) is 7.34. The molecule has 5 nitrogen and oxygen atoms in total. The lowest BCUT2D eigenvalue weighted by molar-refractivity contribution is 0.415. The molecule has 2 heterocycles. The van der Waals surface area contributed by atoms with Crippen molar-refractivity contribution in [1.82, 2.24) is 9.97 Å². The molecule has 0 radical (unpaired) electrons. The number of nitrogens with one attached hydrogen (secondary N) is 1. The molecule has 1 N–H and O–H groups in total. The molecule has 1 aromatic carbocycles. The van der Waals surface area contributed by atoms with E-state index < -0.39 is 0 Å². The molecule has 0 bridgehead atoms. The van der Waals surface area contributed by atoms with Gasteiger partial charge in [-0.05, 0) is 49.7 Å². The molecule has 3 aromatic rings. The number of pyridine rings is 2. The summed E-state index contributed by atoms with van der Waals surface area (Å²) in [6.45, 7) is 4.00. The van der Waals surface area contributed by atoms with E-state index in [1.807, 2.05) is 56.3 Å². The standard InChI is InChI=1S/C18H18N4O/c1-12-9-18(21-17-10-15(23-3)7-8-16(12)17)22-19-11-14-6-4-5-13(2)20-14/h4-11H,1-3H3,(H,21,22)/b19-11+. The average molecular weight is 306 g/mol. The van der Waals surface area contributed by atoms with Crippen LogP contribution in [0.25, 0.3) is 10.9 Å². The lowest BCUT2D eigenvalue weighted by atomic mass is 10.1. The maximum Gasteiger partial charge on any atom is 0.147 e. The van der Waals surface area contributed by atoms with Crippen molar-refractivity contribution in [3.05, 3.63) is 59.4 Å². The van der Waals surface area contributed by atoms with Gasteiger partial charge in [0.1, 0.15) is 11.6 Å². The summed E-state index contributed by atoms with van der Waals surface area (Å²) in [6, 6.07) is 13.6. The highest BCUT2D eigenvalue weighted by Crippen LogP contribution is 2.24. The third-order valence-corrected chi connectivity index (χ3v) is 3.51. The SMILES string of the molecule is COc1ccc2c(C)cc(N/N=C/c3cccc(C)n3)nc2c1. The van der Waals surface area contributed by atoms with E-state index in [2.05, 4.69) is 20.5 Å². The van der Waals surface area contributed by atoms with Gasteiger partial charge in [0.2, 0.25) is 0 Å². The Labute approximate surface area is 135 Å². The molecule has 23 heavy (non-hydrogen) atoms. The van der Waals surface area contributed by atoms with E-state index in [1.165, 1.54) is 0 Å². The molecular weight excluding hydrogens is 288 g/mol. The number of methoxy groups -OCH3 is 1. The second-order valence-corrected chi connectivity index (χ2v) is 5.28. The van der Waals surface area contributed by atoms with Gasteiger partial charge >= 0.3 is 0 Å². The molecule has 2 aromatic heterocycles. The summed E-state index contributed by atoms with van der Waals surface area (Å²) in [4.78, 5) is 8.94. The van der Waals surface area contributed by atoms with Crippen molar-refractivity contribution >= 4 is 22.9 Å². The van der Waals surface area contributed by atoms with Gasteiger partial charge in [-0.15, -0.1) is 0 Å². The maximum atomic E-state index is 5.25. The normalized spacial score (nSPS) is 11.1. The van der Waals surface area contributed by atoms with Crippen molar-refractivity contribution in [3.8, 4) is 5.75 Å². The molecule has 0 fully saturated rings. The highest BCUT2D eigenvalue weighted by atomic mass is 16.5. The van der Waals surface area contributed by atoms with Crippen LogP contribution in [0, 0.1) is 13.8 Å². The number of hydrazone groups is 1. The number of hydrogen-bond donors (Lipinski definition) is 1.